The molecular weight excluding hydrogens is 378 g/mol. The molecule has 2 aromatic rings. The van der Waals surface area contributed by atoms with Gasteiger partial charge >= 0.3 is 0 Å². The van der Waals surface area contributed by atoms with Crippen LogP contribution in [0.2, 0.25) is 0 Å². The van der Waals surface area contributed by atoms with Crippen LogP contribution in [0.5, 0.6) is 11.5 Å². The molecule has 1 saturated heterocycles. The lowest BCUT2D eigenvalue weighted by atomic mass is 10.0. The maximum absolute atomic E-state index is 13.1. The van der Waals surface area contributed by atoms with E-state index in [1.165, 1.54) is 4.90 Å². The van der Waals surface area contributed by atoms with Crippen molar-refractivity contribution in [1.29, 1.82) is 5.26 Å². The summed E-state index contributed by atoms with van der Waals surface area (Å²) in [6, 6.07) is 13.8. The molecule has 6 nitrogen and oxygen atoms in total. The molecule has 4 rings (SSSR count). The number of benzene rings is 2. The molecule has 0 aromatic heterocycles. The van der Waals surface area contributed by atoms with E-state index in [0.717, 1.165) is 54.0 Å². The van der Waals surface area contributed by atoms with Crippen molar-refractivity contribution in [1.82, 2.24) is 4.90 Å². The molecule has 2 aliphatic heterocycles. The second-order valence-corrected chi connectivity index (χ2v) is 7.71. The summed E-state index contributed by atoms with van der Waals surface area (Å²) in [5.74, 6) is 1.48. The van der Waals surface area contributed by atoms with E-state index in [-0.39, 0.29) is 18.5 Å². The van der Waals surface area contributed by atoms with Crippen LogP contribution in [0.25, 0.3) is 0 Å². The van der Waals surface area contributed by atoms with E-state index in [4.69, 9.17) is 9.47 Å². The number of ether oxygens (including phenoxy) is 2. The summed E-state index contributed by atoms with van der Waals surface area (Å²) in [7, 11) is 0. The Morgan fingerprint density at radius 1 is 1.17 bits per heavy atom. The Hall–Kier alpha value is -3.20. The predicted octanol–water partition coefficient (Wildman–Crippen LogP) is 4.06. The maximum Gasteiger partial charge on any atom is 0.243 e. The van der Waals surface area contributed by atoms with Gasteiger partial charge in [-0.25, -0.2) is 0 Å². The summed E-state index contributed by atoms with van der Waals surface area (Å²) >= 11 is 0. The smallest absolute Gasteiger partial charge is 0.243 e. The number of anilines is 1. The van der Waals surface area contributed by atoms with Crippen LogP contribution in [0, 0.1) is 11.5 Å². The third-order valence-electron chi connectivity index (χ3n) is 5.77. The summed E-state index contributed by atoms with van der Waals surface area (Å²) in [6.45, 7) is 4.11. The third kappa shape index (κ3) is 4.20. The molecule has 0 radical (unpaired) electrons. The second-order valence-electron chi connectivity index (χ2n) is 7.71. The predicted molar refractivity (Wildman–Crippen MR) is 115 cm³/mol. The monoisotopic (exact) mass is 405 g/mol. The summed E-state index contributed by atoms with van der Waals surface area (Å²) < 4.78 is 11.6. The molecule has 6 heteroatoms. The Kier molecular flexibility index (Phi) is 6.08. The van der Waals surface area contributed by atoms with Gasteiger partial charge in [-0.05, 0) is 54.7 Å². The zero-order valence-electron chi connectivity index (χ0n) is 17.3. The largest absolute Gasteiger partial charge is 0.490 e. The van der Waals surface area contributed by atoms with Crippen LogP contribution in [0.3, 0.4) is 0 Å². The van der Waals surface area contributed by atoms with Crippen molar-refractivity contribution in [3.05, 3.63) is 53.6 Å². The van der Waals surface area contributed by atoms with Gasteiger partial charge in [0.05, 0.1) is 24.9 Å². The SMILES string of the molecule is CCc1cccc(N(C#N)CC(=O)N2CCCC2c2ccc3c(c2)OCCCO3)c1. The average molecular weight is 405 g/mol. The van der Waals surface area contributed by atoms with Gasteiger partial charge in [0.2, 0.25) is 5.91 Å². The van der Waals surface area contributed by atoms with Crippen LogP contribution in [-0.4, -0.2) is 37.1 Å². The minimum absolute atomic E-state index is 0.00262. The summed E-state index contributed by atoms with van der Waals surface area (Å²) in [5.41, 5.74) is 2.96. The number of carbonyl (C=O) groups is 1. The number of aryl methyl sites for hydroxylation is 1. The minimum Gasteiger partial charge on any atom is -0.490 e. The molecule has 0 spiro atoms. The van der Waals surface area contributed by atoms with E-state index in [1.54, 1.807) is 0 Å². The zero-order valence-corrected chi connectivity index (χ0v) is 17.3. The van der Waals surface area contributed by atoms with E-state index < -0.39 is 0 Å². The molecule has 1 unspecified atom stereocenters. The van der Waals surface area contributed by atoms with Crippen molar-refractivity contribution in [3.8, 4) is 17.7 Å². The van der Waals surface area contributed by atoms with E-state index in [2.05, 4.69) is 13.1 Å². The van der Waals surface area contributed by atoms with Crippen LogP contribution in [0.15, 0.2) is 42.5 Å². The third-order valence-corrected chi connectivity index (χ3v) is 5.77. The first-order valence-corrected chi connectivity index (χ1v) is 10.6. The number of hydrogen-bond acceptors (Lipinski definition) is 5. The van der Waals surface area contributed by atoms with E-state index >= 15 is 0 Å². The van der Waals surface area contributed by atoms with Gasteiger partial charge in [-0.15, -0.1) is 0 Å². The van der Waals surface area contributed by atoms with Crippen molar-refractivity contribution in [3.63, 3.8) is 0 Å². The highest BCUT2D eigenvalue weighted by Crippen LogP contribution is 2.38. The van der Waals surface area contributed by atoms with E-state index in [1.807, 2.05) is 47.4 Å². The van der Waals surface area contributed by atoms with Crippen LogP contribution in [0.4, 0.5) is 5.69 Å². The molecule has 156 valence electrons. The molecule has 30 heavy (non-hydrogen) atoms. The van der Waals surface area contributed by atoms with Crippen LogP contribution in [0.1, 0.15) is 43.4 Å². The fourth-order valence-electron chi connectivity index (χ4n) is 4.15. The molecule has 2 aromatic carbocycles. The van der Waals surface area contributed by atoms with Crippen molar-refractivity contribution in [2.24, 2.45) is 0 Å². The maximum atomic E-state index is 13.1. The molecule has 1 fully saturated rings. The minimum atomic E-state index is -0.0342. The number of rotatable bonds is 5. The first-order chi connectivity index (χ1) is 14.7. The topological polar surface area (TPSA) is 65.8 Å². The second kappa shape index (κ2) is 9.08. The molecule has 1 atom stereocenters. The first kappa shape index (κ1) is 20.1. The van der Waals surface area contributed by atoms with Gasteiger partial charge in [-0.2, -0.15) is 5.26 Å². The van der Waals surface area contributed by atoms with Crippen LogP contribution >= 0.6 is 0 Å². The van der Waals surface area contributed by atoms with Gasteiger partial charge in [-0.3, -0.25) is 9.69 Å². The molecule has 0 aliphatic carbocycles. The Morgan fingerprint density at radius 3 is 2.80 bits per heavy atom. The fourth-order valence-corrected chi connectivity index (χ4v) is 4.15. The molecule has 0 saturated carbocycles. The van der Waals surface area contributed by atoms with Crippen molar-refractivity contribution < 1.29 is 14.3 Å². The lowest BCUT2D eigenvalue weighted by Gasteiger charge is -2.27. The van der Waals surface area contributed by atoms with Crippen LogP contribution in [-0.2, 0) is 11.2 Å². The Morgan fingerprint density at radius 2 is 2.00 bits per heavy atom. The standard InChI is InChI=1S/C24H27N3O3/c1-2-18-6-3-7-20(14-18)26(17-25)16-24(28)27-11-4-8-21(27)19-9-10-22-23(15-19)30-13-5-12-29-22/h3,6-7,9-10,14-15,21H,2,4-5,8,11-13,16H2,1H3. The summed E-state index contributed by atoms with van der Waals surface area (Å²) in [4.78, 5) is 16.5. The highest BCUT2D eigenvalue weighted by molar-refractivity contribution is 5.83. The molecule has 0 N–H and O–H groups in total. The Labute approximate surface area is 177 Å². The number of nitrogens with zero attached hydrogens (tertiary/aromatic N) is 3. The fraction of sp³-hybridized carbons (Fsp3) is 0.417. The number of nitriles is 1. The van der Waals surface area contributed by atoms with Gasteiger partial charge < -0.3 is 14.4 Å². The quantitative estimate of drug-likeness (QED) is 0.554. The van der Waals surface area contributed by atoms with Crippen molar-refractivity contribution in [2.45, 2.75) is 38.6 Å². The van der Waals surface area contributed by atoms with Crippen molar-refractivity contribution in [2.75, 3.05) is 31.2 Å². The van der Waals surface area contributed by atoms with Gasteiger partial charge in [0.15, 0.2) is 17.7 Å². The average Bonchev–Trinajstić information content (AvgIpc) is 3.16. The molecule has 0 bridgehead atoms. The summed E-state index contributed by atoms with van der Waals surface area (Å²) in [6.07, 6.45) is 5.78. The van der Waals surface area contributed by atoms with Crippen LogP contribution < -0.4 is 14.4 Å². The number of carbonyl (C=O) groups excluding carboxylic acids is 1. The highest BCUT2D eigenvalue weighted by atomic mass is 16.5. The van der Waals surface area contributed by atoms with Gasteiger partial charge in [0, 0.05) is 13.0 Å². The summed E-state index contributed by atoms with van der Waals surface area (Å²) in [5, 5.41) is 9.65. The molecule has 2 heterocycles. The number of amides is 1. The zero-order chi connectivity index (χ0) is 20.9. The first-order valence-electron chi connectivity index (χ1n) is 10.6. The van der Waals surface area contributed by atoms with Gasteiger partial charge in [0.1, 0.15) is 6.54 Å². The highest BCUT2D eigenvalue weighted by Gasteiger charge is 2.31. The van der Waals surface area contributed by atoms with E-state index in [9.17, 15) is 10.1 Å². The molecular formula is C24H27N3O3. The van der Waals surface area contributed by atoms with Gasteiger partial charge in [-0.1, -0.05) is 25.1 Å². The normalized spacial score (nSPS) is 17.9. The Bertz CT molecular complexity index is 953. The molecule has 1 amide bonds. The van der Waals surface area contributed by atoms with Crippen molar-refractivity contribution >= 4 is 11.6 Å². The number of likely N-dealkylation sites (tertiary alicyclic amines) is 1. The lowest BCUT2D eigenvalue weighted by Crippen LogP contribution is -2.38. The number of hydrogen-bond donors (Lipinski definition) is 0. The van der Waals surface area contributed by atoms with Gasteiger partial charge in [0.25, 0.3) is 0 Å². The lowest BCUT2D eigenvalue weighted by molar-refractivity contribution is -0.130. The Balaban J connectivity index is 1.51. The molecule has 2 aliphatic rings. The number of fused-ring (bicyclic) bond motifs is 1. The van der Waals surface area contributed by atoms with E-state index in [0.29, 0.717) is 19.8 Å².